The number of carboxylic acid groups (broad SMARTS) is 1. The third-order valence-corrected chi connectivity index (χ3v) is 3.32. The fraction of sp³-hybridized carbons (Fsp3) is 0.429. The molecule has 2 N–H and O–H groups in total. The first kappa shape index (κ1) is 17.2. The molecule has 1 aliphatic rings. The Morgan fingerprint density at radius 1 is 1.39 bits per heavy atom. The van der Waals surface area contributed by atoms with Gasteiger partial charge in [-0.3, -0.25) is 9.63 Å². The minimum Gasteiger partial charge on any atom is -0.478 e. The number of hydroxylamine groups is 1. The van der Waals surface area contributed by atoms with Gasteiger partial charge in [0.1, 0.15) is 0 Å². The highest BCUT2D eigenvalue weighted by Gasteiger charge is 2.36. The second-order valence-electron chi connectivity index (χ2n) is 5.04. The number of amides is 1. The zero-order valence-electron chi connectivity index (χ0n) is 11.9. The molecule has 1 unspecified atom stereocenters. The van der Waals surface area contributed by atoms with Crippen molar-refractivity contribution in [3.63, 3.8) is 0 Å². The van der Waals surface area contributed by atoms with E-state index in [4.69, 9.17) is 14.7 Å². The molecule has 0 saturated carbocycles. The lowest BCUT2D eigenvalue weighted by atomic mass is 10.0. The van der Waals surface area contributed by atoms with Crippen molar-refractivity contribution in [2.75, 3.05) is 19.8 Å². The molecule has 1 heterocycles. The van der Waals surface area contributed by atoms with E-state index in [1.165, 1.54) is 0 Å². The van der Waals surface area contributed by atoms with E-state index in [-0.39, 0.29) is 12.5 Å². The minimum absolute atomic E-state index is 0.0757. The number of nitrogens with one attached hydrogen (secondary N) is 1. The first-order chi connectivity index (χ1) is 10.8. The Labute approximate surface area is 129 Å². The van der Waals surface area contributed by atoms with Crippen molar-refractivity contribution < 1.29 is 37.4 Å². The van der Waals surface area contributed by atoms with Gasteiger partial charge in [0.05, 0.1) is 29.9 Å². The SMILES string of the molecule is O=C(O)c1ccc(C(=O)NOCC2CCOC2)c(C(F)(F)F)c1. The van der Waals surface area contributed by atoms with Gasteiger partial charge < -0.3 is 9.84 Å². The van der Waals surface area contributed by atoms with Crippen LogP contribution in [0.1, 0.15) is 32.7 Å². The van der Waals surface area contributed by atoms with Crippen molar-refractivity contribution in [2.45, 2.75) is 12.6 Å². The normalized spacial score (nSPS) is 18.0. The van der Waals surface area contributed by atoms with Crippen molar-refractivity contribution in [1.29, 1.82) is 0 Å². The van der Waals surface area contributed by atoms with Gasteiger partial charge in [0.2, 0.25) is 0 Å². The molecule has 0 spiro atoms. The van der Waals surface area contributed by atoms with Crippen LogP contribution >= 0.6 is 0 Å². The molecule has 2 rings (SSSR count). The summed E-state index contributed by atoms with van der Waals surface area (Å²) < 4.78 is 44.1. The molecule has 1 aliphatic heterocycles. The summed E-state index contributed by atoms with van der Waals surface area (Å²) in [4.78, 5) is 27.5. The van der Waals surface area contributed by atoms with E-state index in [2.05, 4.69) is 0 Å². The number of carboxylic acids is 1. The maximum atomic E-state index is 13.0. The monoisotopic (exact) mass is 333 g/mol. The van der Waals surface area contributed by atoms with Gasteiger partial charge in [0.15, 0.2) is 0 Å². The van der Waals surface area contributed by atoms with E-state index in [1.807, 2.05) is 5.48 Å². The average Bonchev–Trinajstić information content (AvgIpc) is 2.98. The summed E-state index contributed by atoms with van der Waals surface area (Å²) in [6.45, 7) is 1.17. The smallest absolute Gasteiger partial charge is 0.417 e. The summed E-state index contributed by atoms with van der Waals surface area (Å²) in [5, 5.41) is 8.76. The van der Waals surface area contributed by atoms with Crippen LogP contribution in [0.2, 0.25) is 0 Å². The van der Waals surface area contributed by atoms with Crippen LogP contribution in [-0.2, 0) is 15.8 Å². The maximum Gasteiger partial charge on any atom is 0.417 e. The number of hydrogen-bond acceptors (Lipinski definition) is 4. The molecule has 1 fully saturated rings. The Morgan fingerprint density at radius 2 is 2.13 bits per heavy atom. The van der Waals surface area contributed by atoms with Gasteiger partial charge in [-0.2, -0.15) is 13.2 Å². The van der Waals surface area contributed by atoms with Crippen molar-refractivity contribution in [2.24, 2.45) is 5.92 Å². The van der Waals surface area contributed by atoms with Crippen molar-refractivity contribution in [3.8, 4) is 0 Å². The number of rotatable bonds is 5. The first-order valence-corrected chi connectivity index (χ1v) is 6.73. The standard InChI is InChI=1S/C14H14F3NO5/c15-14(16,17)11-5-9(13(20)21)1-2-10(11)12(19)18-23-7-8-3-4-22-6-8/h1-2,5,8H,3-4,6-7H2,(H,18,19)(H,20,21). The van der Waals surface area contributed by atoms with Crippen molar-refractivity contribution in [3.05, 3.63) is 34.9 Å². The van der Waals surface area contributed by atoms with Gasteiger partial charge in [-0.1, -0.05) is 0 Å². The summed E-state index contributed by atoms with van der Waals surface area (Å²) in [7, 11) is 0. The molecule has 126 valence electrons. The second kappa shape index (κ2) is 6.97. The average molecular weight is 333 g/mol. The second-order valence-corrected chi connectivity index (χ2v) is 5.04. The molecule has 0 bridgehead atoms. The molecule has 9 heteroatoms. The predicted octanol–water partition coefficient (Wildman–Crippen LogP) is 2.10. The minimum atomic E-state index is -4.86. The van der Waals surface area contributed by atoms with E-state index in [1.54, 1.807) is 0 Å². The van der Waals surface area contributed by atoms with Gasteiger partial charge in [-0.05, 0) is 24.6 Å². The molecule has 1 amide bonds. The van der Waals surface area contributed by atoms with Gasteiger partial charge in [0.25, 0.3) is 5.91 Å². The third kappa shape index (κ3) is 4.42. The predicted molar refractivity (Wildman–Crippen MR) is 70.7 cm³/mol. The van der Waals surface area contributed by atoms with E-state index >= 15 is 0 Å². The van der Waals surface area contributed by atoms with Crippen LogP contribution in [0.15, 0.2) is 18.2 Å². The van der Waals surface area contributed by atoms with Crippen molar-refractivity contribution >= 4 is 11.9 Å². The first-order valence-electron chi connectivity index (χ1n) is 6.73. The summed E-state index contributed by atoms with van der Waals surface area (Å²) in [6.07, 6.45) is -4.12. The number of aromatic carboxylic acids is 1. The quantitative estimate of drug-likeness (QED) is 0.806. The van der Waals surface area contributed by atoms with Crippen LogP contribution in [0.5, 0.6) is 0 Å². The molecular weight excluding hydrogens is 319 g/mol. The summed E-state index contributed by atoms with van der Waals surface area (Å²) in [5.41, 5.74) is -0.647. The molecule has 0 radical (unpaired) electrons. The van der Waals surface area contributed by atoms with Crippen LogP contribution in [0.25, 0.3) is 0 Å². The molecule has 1 saturated heterocycles. The van der Waals surface area contributed by atoms with Crippen LogP contribution < -0.4 is 5.48 Å². The molecule has 23 heavy (non-hydrogen) atoms. The van der Waals surface area contributed by atoms with Gasteiger partial charge in [-0.15, -0.1) is 0 Å². The van der Waals surface area contributed by atoms with Gasteiger partial charge in [-0.25, -0.2) is 10.3 Å². The number of alkyl halides is 3. The Hall–Kier alpha value is -2.13. The topological polar surface area (TPSA) is 84.9 Å². The van der Waals surface area contributed by atoms with E-state index in [0.29, 0.717) is 19.3 Å². The third-order valence-electron chi connectivity index (χ3n) is 3.32. The molecular formula is C14H14F3NO5. The zero-order valence-corrected chi connectivity index (χ0v) is 11.9. The number of hydrogen-bond donors (Lipinski definition) is 2. The lowest BCUT2D eigenvalue weighted by Crippen LogP contribution is -2.29. The highest BCUT2D eigenvalue weighted by molar-refractivity contribution is 5.97. The number of carbonyl (C=O) groups excluding carboxylic acids is 1. The molecule has 0 aliphatic carbocycles. The van der Waals surface area contributed by atoms with E-state index in [0.717, 1.165) is 18.6 Å². The molecule has 1 aromatic rings. The Bertz CT molecular complexity index is 597. The zero-order chi connectivity index (χ0) is 17.0. The lowest BCUT2D eigenvalue weighted by Gasteiger charge is -2.14. The van der Waals surface area contributed by atoms with Crippen LogP contribution in [0.4, 0.5) is 13.2 Å². The molecule has 1 atom stereocenters. The van der Waals surface area contributed by atoms with Gasteiger partial charge >= 0.3 is 12.1 Å². The summed E-state index contributed by atoms with van der Waals surface area (Å²) >= 11 is 0. The van der Waals surface area contributed by atoms with Gasteiger partial charge in [0, 0.05) is 12.5 Å². The highest BCUT2D eigenvalue weighted by Crippen LogP contribution is 2.32. The number of halogens is 3. The van der Waals surface area contributed by atoms with E-state index in [9.17, 15) is 22.8 Å². The van der Waals surface area contributed by atoms with Crippen LogP contribution in [0.3, 0.4) is 0 Å². The molecule has 0 aromatic heterocycles. The van der Waals surface area contributed by atoms with Crippen LogP contribution in [0, 0.1) is 5.92 Å². The Morgan fingerprint density at radius 3 is 2.70 bits per heavy atom. The maximum absolute atomic E-state index is 13.0. The van der Waals surface area contributed by atoms with E-state index < -0.39 is 34.7 Å². The summed E-state index contributed by atoms with van der Waals surface area (Å²) in [6, 6.07) is 2.16. The largest absolute Gasteiger partial charge is 0.478 e. The fourth-order valence-corrected chi connectivity index (χ4v) is 2.10. The molecule has 6 nitrogen and oxygen atoms in total. The van der Waals surface area contributed by atoms with Crippen molar-refractivity contribution in [1.82, 2.24) is 5.48 Å². The lowest BCUT2D eigenvalue weighted by molar-refractivity contribution is -0.138. The Kier molecular flexibility index (Phi) is 5.22. The number of carbonyl (C=O) groups is 2. The summed E-state index contributed by atoms with van der Waals surface area (Å²) in [5.74, 6) is -2.53. The number of ether oxygens (including phenoxy) is 1. The fourth-order valence-electron chi connectivity index (χ4n) is 2.10. The highest BCUT2D eigenvalue weighted by atomic mass is 19.4. The molecule has 1 aromatic carbocycles. The van der Waals surface area contributed by atoms with Crippen LogP contribution in [-0.4, -0.2) is 36.8 Å². The number of benzene rings is 1. The Balaban J connectivity index is 2.10.